The van der Waals surface area contributed by atoms with Gasteiger partial charge in [0.25, 0.3) is 0 Å². The Balaban J connectivity index is -0.000000356. The average molecular weight is 950 g/mol. The lowest BCUT2D eigenvalue weighted by atomic mass is 9.45. The molecule has 0 bridgehead atoms. The molecule has 0 aromatic carbocycles. The number of hydrogen-bond acceptors (Lipinski definition) is 1. The van der Waals surface area contributed by atoms with Gasteiger partial charge in [-0.05, 0) is 125 Å². The monoisotopic (exact) mass is 949 g/mol. The van der Waals surface area contributed by atoms with Crippen LogP contribution in [0, 0.1) is 93.1 Å². The minimum absolute atomic E-state index is 0.0556. The summed E-state index contributed by atoms with van der Waals surface area (Å²) < 4.78 is 0. The predicted octanol–water partition coefficient (Wildman–Crippen LogP) is 23.3. The highest BCUT2D eigenvalue weighted by Crippen LogP contribution is 2.68. The molecule has 2 fully saturated rings. The lowest BCUT2D eigenvalue weighted by molar-refractivity contribution is -0.139. The number of hydrogen-bond donors (Lipinski definition) is 1. The molecule has 1 N–H and O–H groups in total. The van der Waals surface area contributed by atoms with Gasteiger partial charge in [0.1, 0.15) is 0 Å². The highest BCUT2D eigenvalue weighted by atomic mass is 16.3. The second-order valence-electron chi connectivity index (χ2n) is 35.5. The average Bonchev–Trinajstić information content (AvgIpc) is 3.79. The lowest BCUT2D eigenvalue weighted by Gasteiger charge is -2.60. The fourth-order valence-electron chi connectivity index (χ4n) is 13.0. The second-order valence-corrected chi connectivity index (χ2v) is 35.5. The molecule has 0 aromatic heterocycles. The molecule has 0 atom stereocenters. The lowest BCUT2D eigenvalue weighted by Crippen LogP contribution is -2.52. The first-order valence-electron chi connectivity index (χ1n) is 28.0. The van der Waals surface area contributed by atoms with Crippen LogP contribution in [0.1, 0.15) is 329 Å². The quantitative estimate of drug-likeness (QED) is 0.292. The van der Waals surface area contributed by atoms with E-state index in [1.165, 1.54) is 38.5 Å². The van der Waals surface area contributed by atoms with E-state index in [4.69, 9.17) is 0 Å². The Morgan fingerprint density at radius 1 is 0.343 bits per heavy atom. The third-order valence-corrected chi connectivity index (χ3v) is 19.5. The van der Waals surface area contributed by atoms with E-state index in [9.17, 15) is 5.11 Å². The van der Waals surface area contributed by atoms with Crippen molar-refractivity contribution in [1.82, 2.24) is 0 Å². The van der Waals surface area contributed by atoms with Gasteiger partial charge in [-0.2, -0.15) is 0 Å². The summed E-state index contributed by atoms with van der Waals surface area (Å²) >= 11 is 0. The normalized spacial score (nSPS) is 17.7. The Hall–Kier alpha value is -0.0400. The van der Waals surface area contributed by atoms with Crippen molar-refractivity contribution >= 4 is 0 Å². The summed E-state index contributed by atoms with van der Waals surface area (Å²) in [6.45, 7) is 94.5. The minimum Gasteiger partial charge on any atom is -0.389 e. The van der Waals surface area contributed by atoms with Gasteiger partial charge in [0, 0.05) is 0 Å². The topological polar surface area (TPSA) is 20.2 Å². The molecule has 0 saturated heterocycles. The summed E-state index contributed by atoms with van der Waals surface area (Å²) in [5, 5.41) is 10.5. The van der Waals surface area contributed by atoms with Crippen LogP contribution in [0.25, 0.3) is 0 Å². The Morgan fingerprint density at radius 2 is 0.567 bits per heavy atom. The SMILES string of the molecule is CC(C(C)(C)C)C(C)(C)C.CC(C)(C)C(C)(C)C(C)(C)C.CC(C)(C)C1(C(C)(C)C)CC1.CC(C)(C)C1(C(C)(C)C)CCC1.CCC(C(C)(C)C)C(C)(C)C.CCC(O)(C(C)(C)C)C(C)(C)C. The van der Waals surface area contributed by atoms with Crippen LogP contribution in [0.3, 0.4) is 0 Å². The maximum absolute atomic E-state index is 10.5. The first-order chi connectivity index (χ1) is 28.3. The highest BCUT2D eigenvalue weighted by Gasteiger charge is 2.58. The molecule has 0 aromatic rings. The molecule has 0 unspecified atom stereocenters. The summed E-state index contributed by atoms with van der Waals surface area (Å²) in [5.74, 6) is 1.58. The summed E-state index contributed by atoms with van der Waals surface area (Å²) in [7, 11) is 0. The Bertz CT molecular complexity index is 1200. The molecule has 1 nitrogen and oxygen atoms in total. The van der Waals surface area contributed by atoms with Crippen LogP contribution in [0.4, 0.5) is 0 Å². The molecule has 410 valence electrons. The van der Waals surface area contributed by atoms with Crippen LogP contribution in [0.5, 0.6) is 0 Å². The van der Waals surface area contributed by atoms with E-state index in [0.29, 0.717) is 70.4 Å². The van der Waals surface area contributed by atoms with Crippen molar-refractivity contribution in [3.8, 4) is 0 Å². The van der Waals surface area contributed by atoms with E-state index in [1.54, 1.807) is 0 Å². The van der Waals surface area contributed by atoms with Crippen molar-refractivity contribution in [2.45, 2.75) is 334 Å². The van der Waals surface area contributed by atoms with Gasteiger partial charge >= 0.3 is 0 Å². The molecule has 2 aliphatic carbocycles. The molecular weight excluding hydrogens is 809 g/mol. The predicted molar refractivity (Wildman–Crippen MR) is 313 cm³/mol. The van der Waals surface area contributed by atoms with E-state index in [2.05, 4.69) is 284 Å². The number of aliphatic hydroxyl groups is 1. The van der Waals surface area contributed by atoms with Crippen LogP contribution in [-0.2, 0) is 0 Å². The van der Waals surface area contributed by atoms with E-state index in [-0.39, 0.29) is 10.8 Å². The summed E-state index contributed by atoms with van der Waals surface area (Å²) in [5.41, 5.74) is 5.39. The van der Waals surface area contributed by atoms with E-state index >= 15 is 0 Å². The number of rotatable bonds is 2. The first-order valence-corrected chi connectivity index (χ1v) is 28.0. The van der Waals surface area contributed by atoms with Gasteiger partial charge in [0.15, 0.2) is 0 Å². The molecule has 1 heteroatoms. The summed E-state index contributed by atoms with van der Waals surface area (Å²) in [6.07, 6.45) is 9.25. The Labute approximate surface area is 430 Å². The van der Waals surface area contributed by atoms with Crippen LogP contribution in [0.2, 0.25) is 0 Å². The molecule has 0 aliphatic heterocycles. The van der Waals surface area contributed by atoms with Crippen molar-refractivity contribution in [3.05, 3.63) is 0 Å². The molecular formula is C66H140O. The minimum atomic E-state index is -0.583. The van der Waals surface area contributed by atoms with Crippen molar-refractivity contribution in [2.75, 3.05) is 0 Å². The van der Waals surface area contributed by atoms with Crippen molar-refractivity contribution in [1.29, 1.82) is 0 Å². The van der Waals surface area contributed by atoms with Gasteiger partial charge in [0.05, 0.1) is 5.60 Å². The molecule has 0 radical (unpaired) electrons. The van der Waals surface area contributed by atoms with Gasteiger partial charge < -0.3 is 5.11 Å². The van der Waals surface area contributed by atoms with Gasteiger partial charge in [0.2, 0.25) is 0 Å². The zero-order chi connectivity index (χ0) is 56.1. The van der Waals surface area contributed by atoms with Gasteiger partial charge in [-0.15, -0.1) is 0 Å². The standard InChI is InChI=1S/C12H24.C11H24O.C11H22.2C11H24.C10H22/c1-10(2,3)12(8-7-9-12)11(4,5)6;1-8-11(12,9(2,3)4)10(5,6)7;1-9(2,3)11(7-8-11)10(4,5)6;1-9(2,3)11(7,8)10(4,5)6;1-8-9(10(2,3)4)11(5,6)7;1-8(9(2,3)4)10(5,6)7/h7-9H2,1-6H3;12H,8H2,1-7H3;7-8H2,1-6H3;1-8H3;9H,8H2,1-7H3;8H,1-7H3. The maximum Gasteiger partial charge on any atom is 0.0741 e. The molecule has 2 rings (SSSR count). The van der Waals surface area contributed by atoms with Crippen molar-refractivity contribution in [3.63, 3.8) is 0 Å². The zero-order valence-electron chi connectivity index (χ0n) is 55.6. The molecule has 0 heterocycles. The maximum atomic E-state index is 10.5. The van der Waals surface area contributed by atoms with Crippen LogP contribution in [-0.4, -0.2) is 10.7 Å². The van der Waals surface area contributed by atoms with E-state index in [1.807, 2.05) is 0 Å². The highest BCUT2D eigenvalue weighted by molar-refractivity contribution is 5.08. The Kier molecular flexibility index (Phi) is 25.7. The van der Waals surface area contributed by atoms with Crippen molar-refractivity contribution in [2.24, 2.45) is 93.1 Å². The second kappa shape index (κ2) is 23.4. The van der Waals surface area contributed by atoms with Crippen LogP contribution in [0.15, 0.2) is 0 Å². The zero-order valence-corrected chi connectivity index (χ0v) is 55.6. The van der Waals surface area contributed by atoms with E-state index < -0.39 is 5.60 Å². The van der Waals surface area contributed by atoms with Crippen LogP contribution < -0.4 is 0 Å². The van der Waals surface area contributed by atoms with Gasteiger partial charge in [-0.1, -0.05) is 297 Å². The fraction of sp³-hybridized carbons (Fsp3) is 1.00. The van der Waals surface area contributed by atoms with Crippen LogP contribution >= 0.6 is 0 Å². The fourth-order valence-corrected chi connectivity index (χ4v) is 13.0. The molecule has 0 spiro atoms. The van der Waals surface area contributed by atoms with E-state index in [0.717, 1.165) is 18.3 Å². The van der Waals surface area contributed by atoms with Crippen molar-refractivity contribution < 1.29 is 5.11 Å². The Morgan fingerprint density at radius 3 is 0.567 bits per heavy atom. The smallest absolute Gasteiger partial charge is 0.0741 e. The first kappa shape index (κ1) is 73.5. The third kappa shape index (κ3) is 20.8. The van der Waals surface area contributed by atoms with Gasteiger partial charge in [-0.3, -0.25) is 0 Å². The molecule has 2 aliphatic rings. The largest absolute Gasteiger partial charge is 0.389 e. The van der Waals surface area contributed by atoms with Gasteiger partial charge in [-0.25, -0.2) is 0 Å². The molecule has 2 saturated carbocycles. The molecule has 0 amide bonds. The third-order valence-electron chi connectivity index (χ3n) is 19.5. The molecule has 67 heavy (non-hydrogen) atoms. The summed E-state index contributed by atoms with van der Waals surface area (Å²) in [6, 6.07) is 0. The summed E-state index contributed by atoms with van der Waals surface area (Å²) in [4.78, 5) is 0.